The number of nitrogens with two attached hydrogens (primary N) is 1. The van der Waals surface area contributed by atoms with Crippen LogP contribution in [0, 0.1) is 12.7 Å². The average Bonchev–Trinajstić information content (AvgIpc) is 3.03. The molecule has 7 nitrogen and oxygen atoms in total. The maximum atomic E-state index is 15.0. The molecule has 1 aliphatic rings. The lowest BCUT2D eigenvalue weighted by atomic mass is 10.0. The fraction of sp³-hybridized carbons (Fsp3) is 0.500. The van der Waals surface area contributed by atoms with E-state index in [-0.39, 0.29) is 28.5 Å². The second-order valence-corrected chi connectivity index (χ2v) is 7.56. The number of rotatable bonds is 4. The third-order valence-electron chi connectivity index (χ3n) is 5.03. The van der Waals surface area contributed by atoms with E-state index in [2.05, 4.69) is 4.98 Å². The minimum atomic E-state index is -1.46. The fourth-order valence-corrected chi connectivity index (χ4v) is 3.35. The van der Waals surface area contributed by atoms with E-state index in [1.807, 2.05) is 0 Å². The Labute approximate surface area is 154 Å². The van der Waals surface area contributed by atoms with Crippen molar-refractivity contribution < 1.29 is 18.7 Å². The molecular formula is C18H22F2N4O3. The van der Waals surface area contributed by atoms with Gasteiger partial charge in [0.1, 0.15) is 17.9 Å². The predicted molar refractivity (Wildman–Crippen MR) is 97.8 cm³/mol. The summed E-state index contributed by atoms with van der Waals surface area (Å²) in [5.74, 6) is -2.11. The van der Waals surface area contributed by atoms with Crippen molar-refractivity contribution in [2.45, 2.75) is 38.8 Å². The molecule has 0 unspecified atom stereocenters. The van der Waals surface area contributed by atoms with Crippen LogP contribution < -0.4 is 16.1 Å². The van der Waals surface area contributed by atoms with Crippen LogP contribution in [0.25, 0.3) is 11.0 Å². The highest BCUT2D eigenvalue weighted by molar-refractivity contribution is 5.93. The summed E-state index contributed by atoms with van der Waals surface area (Å²) in [6.45, 7) is 4.60. The molecule has 2 aromatic rings. The normalized spacial score (nSPS) is 17.7. The smallest absolute Gasteiger partial charge is 0.341 e. The summed E-state index contributed by atoms with van der Waals surface area (Å²) in [5, 5.41) is 9.21. The summed E-state index contributed by atoms with van der Waals surface area (Å²) in [5.41, 5.74) is 3.39. The number of nitrogens with zero attached hydrogens (tertiary/aromatic N) is 3. The first-order valence-corrected chi connectivity index (χ1v) is 8.64. The van der Waals surface area contributed by atoms with Crippen LogP contribution in [0.2, 0.25) is 0 Å². The van der Waals surface area contributed by atoms with Gasteiger partial charge in [0.15, 0.2) is 11.6 Å². The standard InChI is InChI=1S/C18H22F2N4O3/c1-9-12-14(25)11(17(26)27)7-24(18(2,3)8-19)15(12)22-16(13(9)20)23-5-4-10(21)6-23/h7,10H,4-6,8,21H2,1-3H3,(H,26,27)/t10-/m0/s1. The number of carbonyl (C=O) groups is 1. The van der Waals surface area contributed by atoms with Crippen molar-refractivity contribution in [3.05, 3.63) is 33.4 Å². The Hall–Kier alpha value is -2.55. The van der Waals surface area contributed by atoms with E-state index in [1.165, 1.54) is 11.5 Å². The van der Waals surface area contributed by atoms with Gasteiger partial charge in [0.2, 0.25) is 5.43 Å². The van der Waals surface area contributed by atoms with Gasteiger partial charge in [-0.15, -0.1) is 0 Å². The molecule has 1 saturated heterocycles. The monoisotopic (exact) mass is 380 g/mol. The maximum absolute atomic E-state index is 15.0. The Morgan fingerprint density at radius 1 is 1.48 bits per heavy atom. The Morgan fingerprint density at radius 2 is 2.15 bits per heavy atom. The summed E-state index contributed by atoms with van der Waals surface area (Å²) >= 11 is 0. The largest absolute Gasteiger partial charge is 0.477 e. The number of aromatic nitrogens is 2. The Balaban J connectivity index is 2.42. The molecule has 0 radical (unpaired) electrons. The van der Waals surface area contributed by atoms with Gasteiger partial charge in [0, 0.05) is 30.9 Å². The first-order valence-electron chi connectivity index (χ1n) is 8.64. The lowest BCUT2D eigenvalue weighted by molar-refractivity contribution is 0.0694. The molecule has 0 aliphatic carbocycles. The molecule has 27 heavy (non-hydrogen) atoms. The zero-order valence-corrected chi connectivity index (χ0v) is 15.4. The predicted octanol–water partition coefficient (Wildman–Crippen LogP) is 1.78. The highest BCUT2D eigenvalue weighted by Gasteiger charge is 2.30. The molecule has 1 aliphatic heterocycles. The van der Waals surface area contributed by atoms with Crippen LogP contribution in [0.15, 0.2) is 11.0 Å². The van der Waals surface area contributed by atoms with Crippen LogP contribution in [-0.2, 0) is 5.54 Å². The number of halogens is 2. The number of alkyl halides is 1. The number of carboxylic acid groups (broad SMARTS) is 1. The van der Waals surface area contributed by atoms with E-state index in [0.717, 1.165) is 6.20 Å². The van der Waals surface area contributed by atoms with Crippen LogP contribution in [0.1, 0.15) is 36.2 Å². The van der Waals surface area contributed by atoms with E-state index in [1.54, 1.807) is 18.7 Å². The quantitative estimate of drug-likeness (QED) is 0.839. The minimum Gasteiger partial charge on any atom is -0.477 e. The summed E-state index contributed by atoms with van der Waals surface area (Å²) in [7, 11) is 0. The Kier molecular flexibility index (Phi) is 4.67. The number of hydrogen-bond acceptors (Lipinski definition) is 5. The summed E-state index contributed by atoms with van der Waals surface area (Å²) in [6.07, 6.45) is 1.76. The number of anilines is 1. The molecule has 0 spiro atoms. The van der Waals surface area contributed by atoms with Crippen molar-refractivity contribution >= 4 is 22.8 Å². The zero-order chi connectivity index (χ0) is 20.1. The second-order valence-electron chi connectivity index (χ2n) is 7.56. The fourth-order valence-electron chi connectivity index (χ4n) is 3.35. The molecular weight excluding hydrogens is 358 g/mol. The van der Waals surface area contributed by atoms with Gasteiger partial charge < -0.3 is 20.3 Å². The number of fused-ring (bicyclic) bond motifs is 1. The van der Waals surface area contributed by atoms with Gasteiger partial charge in [0.05, 0.1) is 10.9 Å². The topological polar surface area (TPSA) is 101 Å². The Bertz CT molecular complexity index is 987. The van der Waals surface area contributed by atoms with Crippen molar-refractivity contribution in [3.63, 3.8) is 0 Å². The first-order chi connectivity index (χ1) is 12.6. The number of aryl methyl sites for hydroxylation is 1. The molecule has 0 amide bonds. The molecule has 1 fully saturated rings. The van der Waals surface area contributed by atoms with Crippen molar-refractivity contribution in [1.29, 1.82) is 0 Å². The molecule has 9 heteroatoms. The van der Waals surface area contributed by atoms with E-state index in [9.17, 15) is 19.1 Å². The molecule has 1 atom stereocenters. The number of aromatic carboxylic acids is 1. The number of pyridine rings is 2. The third-order valence-corrected chi connectivity index (χ3v) is 5.03. The van der Waals surface area contributed by atoms with Gasteiger partial charge >= 0.3 is 5.97 Å². The molecule has 0 aromatic carbocycles. The average molecular weight is 380 g/mol. The lowest BCUT2D eigenvalue weighted by Gasteiger charge is -2.28. The van der Waals surface area contributed by atoms with Crippen molar-refractivity contribution in [2.24, 2.45) is 5.73 Å². The second kappa shape index (κ2) is 6.56. The molecule has 0 saturated carbocycles. The third kappa shape index (κ3) is 3.05. The zero-order valence-electron chi connectivity index (χ0n) is 15.4. The molecule has 146 valence electrons. The summed E-state index contributed by atoms with van der Waals surface area (Å²) < 4.78 is 30.0. The van der Waals surface area contributed by atoms with Crippen molar-refractivity contribution in [1.82, 2.24) is 9.55 Å². The van der Waals surface area contributed by atoms with Gasteiger partial charge in [-0.1, -0.05) is 0 Å². The highest BCUT2D eigenvalue weighted by Crippen LogP contribution is 2.30. The van der Waals surface area contributed by atoms with Gasteiger partial charge in [-0.3, -0.25) is 4.79 Å². The van der Waals surface area contributed by atoms with Gasteiger partial charge in [-0.2, -0.15) is 0 Å². The van der Waals surface area contributed by atoms with Gasteiger partial charge in [-0.05, 0) is 27.2 Å². The van der Waals surface area contributed by atoms with Gasteiger partial charge in [-0.25, -0.2) is 18.6 Å². The van der Waals surface area contributed by atoms with Crippen LogP contribution in [0.4, 0.5) is 14.6 Å². The van der Waals surface area contributed by atoms with E-state index in [0.29, 0.717) is 19.5 Å². The first kappa shape index (κ1) is 19.2. The van der Waals surface area contributed by atoms with Crippen LogP contribution in [0.3, 0.4) is 0 Å². The SMILES string of the molecule is Cc1c(F)c(N2CC[C@H](N)C2)nc2c1c(=O)c(C(=O)O)cn2C(C)(C)CF. The van der Waals surface area contributed by atoms with Crippen molar-refractivity contribution in [2.75, 3.05) is 24.7 Å². The Morgan fingerprint density at radius 3 is 2.67 bits per heavy atom. The molecule has 3 rings (SSSR count). The minimum absolute atomic E-state index is 0.00743. The number of carboxylic acids is 1. The van der Waals surface area contributed by atoms with Gasteiger partial charge in [0.25, 0.3) is 0 Å². The molecule has 3 N–H and O–H groups in total. The maximum Gasteiger partial charge on any atom is 0.341 e. The molecule has 3 heterocycles. The van der Waals surface area contributed by atoms with E-state index < -0.39 is 35.0 Å². The van der Waals surface area contributed by atoms with Crippen molar-refractivity contribution in [3.8, 4) is 0 Å². The summed E-state index contributed by atoms with van der Waals surface area (Å²) in [4.78, 5) is 30.2. The van der Waals surface area contributed by atoms with E-state index >= 15 is 4.39 Å². The lowest BCUT2D eigenvalue weighted by Crippen LogP contribution is -2.34. The number of hydrogen-bond donors (Lipinski definition) is 2. The van der Waals surface area contributed by atoms with Crippen LogP contribution in [0.5, 0.6) is 0 Å². The summed E-state index contributed by atoms with van der Waals surface area (Å²) in [6, 6.07) is -0.110. The molecule has 2 aromatic heterocycles. The van der Waals surface area contributed by atoms with E-state index in [4.69, 9.17) is 5.73 Å². The van der Waals surface area contributed by atoms with Crippen LogP contribution >= 0.6 is 0 Å². The molecule has 0 bridgehead atoms. The highest BCUT2D eigenvalue weighted by atomic mass is 19.1. The van der Waals surface area contributed by atoms with Crippen LogP contribution in [-0.4, -0.2) is 46.4 Å².